The van der Waals surface area contributed by atoms with Crippen LogP contribution in [0.4, 0.5) is 4.79 Å². The molecule has 0 aliphatic heterocycles. The van der Waals surface area contributed by atoms with Crippen molar-refractivity contribution >= 4 is 23.3 Å². The van der Waals surface area contributed by atoms with Crippen molar-refractivity contribution in [3.63, 3.8) is 0 Å². The lowest BCUT2D eigenvalue weighted by Crippen LogP contribution is -2.52. The van der Waals surface area contributed by atoms with Crippen molar-refractivity contribution in [1.82, 2.24) is 15.6 Å². The topological polar surface area (TPSA) is 80.3 Å². The van der Waals surface area contributed by atoms with E-state index in [1.165, 1.54) is 11.3 Å². The summed E-state index contributed by atoms with van der Waals surface area (Å²) in [5.41, 5.74) is -0.760. The van der Waals surface area contributed by atoms with E-state index in [-0.39, 0.29) is 12.5 Å². The third-order valence-corrected chi connectivity index (χ3v) is 3.15. The molecule has 0 saturated heterocycles. The molecule has 0 unspecified atom stereocenters. The molecular formula is C14H23N3O3S. The number of thiazole rings is 1. The molecule has 0 aliphatic rings. The summed E-state index contributed by atoms with van der Waals surface area (Å²) >= 11 is 1.42. The van der Waals surface area contributed by atoms with Crippen molar-refractivity contribution in [1.29, 1.82) is 0 Å². The average Bonchev–Trinajstić information content (AvgIpc) is 2.71. The first-order valence-electron chi connectivity index (χ1n) is 6.70. The van der Waals surface area contributed by atoms with Crippen molar-refractivity contribution < 1.29 is 14.3 Å². The van der Waals surface area contributed by atoms with Crippen LogP contribution in [0.1, 0.15) is 50.1 Å². The van der Waals surface area contributed by atoms with Crippen molar-refractivity contribution in [3.05, 3.63) is 16.1 Å². The number of alkyl carbamates (subject to hydrolysis) is 1. The number of nitrogens with zero attached hydrogens (tertiary/aromatic N) is 1. The van der Waals surface area contributed by atoms with Gasteiger partial charge in [0, 0.05) is 11.9 Å². The second-order valence-electron chi connectivity index (χ2n) is 6.45. The highest BCUT2D eigenvalue weighted by molar-refractivity contribution is 7.09. The van der Waals surface area contributed by atoms with Gasteiger partial charge in [0.05, 0.1) is 10.5 Å². The Hall–Kier alpha value is -1.63. The molecule has 2 amide bonds. The zero-order chi connectivity index (χ0) is 16.3. The lowest BCUT2D eigenvalue weighted by Gasteiger charge is -2.27. The summed E-state index contributed by atoms with van der Waals surface area (Å²) in [5.74, 6) is -0.254. The minimum Gasteiger partial charge on any atom is -0.444 e. The summed E-state index contributed by atoms with van der Waals surface area (Å²) in [7, 11) is 0. The summed E-state index contributed by atoms with van der Waals surface area (Å²) in [4.78, 5) is 27.8. The second-order valence-corrected chi connectivity index (χ2v) is 7.51. The highest BCUT2D eigenvalue weighted by atomic mass is 32.1. The Morgan fingerprint density at radius 1 is 1.29 bits per heavy atom. The molecule has 1 aromatic rings. The van der Waals surface area contributed by atoms with E-state index >= 15 is 0 Å². The highest BCUT2D eigenvalue weighted by Gasteiger charge is 2.24. The van der Waals surface area contributed by atoms with Crippen molar-refractivity contribution in [2.75, 3.05) is 6.54 Å². The number of carbonyl (C=O) groups excluding carboxylic acids is 2. The average molecular weight is 313 g/mol. The number of ether oxygens (including phenoxy) is 1. The first-order valence-corrected chi connectivity index (χ1v) is 7.58. The monoisotopic (exact) mass is 313 g/mol. The van der Waals surface area contributed by atoms with Gasteiger partial charge < -0.3 is 15.4 Å². The van der Waals surface area contributed by atoms with Gasteiger partial charge in [0.2, 0.25) is 0 Å². The number of amides is 2. The van der Waals surface area contributed by atoms with Crippen LogP contribution < -0.4 is 10.6 Å². The molecule has 1 rings (SSSR count). The first kappa shape index (κ1) is 17.4. The van der Waals surface area contributed by atoms with Crippen LogP contribution in [-0.2, 0) is 4.74 Å². The molecule has 0 spiro atoms. The molecule has 0 radical (unpaired) electrons. The van der Waals surface area contributed by atoms with Gasteiger partial charge in [0.15, 0.2) is 0 Å². The van der Waals surface area contributed by atoms with Crippen LogP contribution in [0.25, 0.3) is 0 Å². The summed E-state index contributed by atoms with van der Waals surface area (Å²) in [6.45, 7) is 11.1. The van der Waals surface area contributed by atoms with Gasteiger partial charge >= 0.3 is 6.09 Å². The van der Waals surface area contributed by atoms with Crippen LogP contribution >= 0.6 is 11.3 Å². The lowest BCUT2D eigenvalue weighted by molar-refractivity contribution is 0.0509. The molecule has 0 aromatic carbocycles. The second kappa shape index (κ2) is 6.43. The van der Waals surface area contributed by atoms with Gasteiger partial charge in [-0.25, -0.2) is 9.78 Å². The van der Waals surface area contributed by atoms with E-state index in [4.69, 9.17) is 4.74 Å². The van der Waals surface area contributed by atoms with Gasteiger partial charge in [0.25, 0.3) is 5.91 Å². The number of hydrogen-bond donors (Lipinski definition) is 2. The SMILES string of the molecule is Cc1nc(C(=O)NC(C)(C)CNC(=O)OC(C)(C)C)cs1. The largest absolute Gasteiger partial charge is 0.444 e. The normalized spacial score (nSPS) is 11.9. The summed E-state index contributed by atoms with van der Waals surface area (Å²) in [6, 6.07) is 0. The van der Waals surface area contributed by atoms with Gasteiger partial charge in [-0.15, -0.1) is 11.3 Å². The van der Waals surface area contributed by atoms with E-state index in [0.29, 0.717) is 5.69 Å². The molecule has 0 saturated carbocycles. The highest BCUT2D eigenvalue weighted by Crippen LogP contribution is 2.10. The zero-order valence-electron chi connectivity index (χ0n) is 13.4. The zero-order valence-corrected chi connectivity index (χ0v) is 14.2. The van der Waals surface area contributed by atoms with Gasteiger partial charge in [-0.1, -0.05) is 0 Å². The van der Waals surface area contributed by atoms with Crippen LogP contribution in [0.3, 0.4) is 0 Å². The molecule has 2 N–H and O–H groups in total. The number of carbonyl (C=O) groups is 2. The van der Waals surface area contributed by atoms with Crippen molar-refractivity contribution in [2.24, 2.45) is 0 Å². The molecule has 0 bridgehead atoms. The van der Waals surface area contributed by atoms with Gasteiger partial charge in [-0.3, -0.25) is 4.79 Å². The van der Waals surface area contributed by atoms with E-state index in [1.54, 1.807) is 26.2 Å². The fourth-order valence-electron chi connectivity index (χ4n) is 1.49. The van der Waals surface area contributed by atoms with E-state index < -0.39 is 17.2 Å². The molecule has 6 nitrogen and oxygen atoms in total. The predicted molar refractivity (Wildman–Crippen MR) is 82.6 cm³/mol. The molecule has 0 fully saturated rings. The maximum Gasteiger partial charge on any atom is 0.407 e. The Kier molecular flexibility index (Phi) is 5.33. The number of aryl methyl sites for hydroxylation is 1. The molecule has 118 valence electrons. The third-order valence-electron chi connectivity index (χ3n) is 2.38. The summed E-state index contributed by atoms with van der Waals surface area (Å²) < 4.78 is 5.15. The van der Waals surface area contributed by atoms with Crippen LogP contribution in [0.15, 0.2) is 5.38 Å². The number of hydrogen-bond acceptors (Lipinski definition) is 5. The summed E-state index contributed by atoms with van der Waals surface area (Å²) in [5, 5.41) is 8.04. The van der Waals surface area contributed by atoms with E-state index in [1.807, 2.05) is 20.8 Å². The maximum atomic E-state index is 12.0. The first-order chi connectivity index (χ1) is 9.48. The van der Waals surface area contributed by atoms with Crippen LogP contribution in [0, 0.1) is 6.92 Å². The Morgan fingerprint density at radius 2 is 1.90 bits per heavy atom. The predicted octanol–water partition coefficient (Wildman–Crippen LogP) is 2.48. The Morgan fingerprint density at radius 3 is 2.38 bits per heavy atom. The molecule has 21 heavy (non-hydrogen) atoms. The van der Waals surface area contributed by atoms with Crippen molar-refractivity contribution in [2.45, 2.75) is 52.7 Å². The van der Waals surface area contributed by atoms with E-state index in [0.717, 1.165) is 5.01 Å². The van der Waals surface area contributed by atoms with Crippen LogP contribution in [0.2, 0.25) is 0 Å². The molecule has 1 heterocycles. The number of aromatic nitrogens is 1. The Labute approximate surface area is 129 Å². The standard InChI is InChI=1S/C14H23N3O3S/c1-9-16-10(7-21-9)11(18)17-14(5,6)8-15-12(19)20-13(2,3)4/h7H,8H2,1-6H3,(H,15,19)(H,17,18). The smallest absolute Gasteiger partial charge is 0.407 e. The van der Waals surface area contributed by atoms with Crippen molar-refractivity contribution in [3.8, 4) is 0 Å². The fourth-order valence-corrected chi connectivity index (χ4v) is 2.08. The third kappa shape index (κ3) is 6.57. The Bertz CT molecular complexity index is 518. The van der Waals surface area contributed by atoms with Crippen LogP contribution in [0.5, 0.6) is 0 Å². The molecule has 0 atom stereocenters. The van der Waals surface area contributed by atoms with Gasteiger partial charge in [-0.2, -0.15) is 0 Å². The number of rotatable bonds is 4. The summed E-state index contributed by atoms with van der Waals surface area (Å²) in [6.07, 6.45) is -0.505. The minimum atomic E-state index is -0.606. The molecular weight excluding hydrogens is 290 g/mol. The maximum absolute atomic E-state index is 12.0. The quantitative estimate of drug-likeness (QED) is 0.895. The molecule has 7 heteroatoms. The molecule has 0 aliphatic carbocycles. The lowest BCUT2D eigenvalue weighted by atomic mass is 10.1. The van der Waals surface area contributed by atoms with E-state index in [9.17, 15) is 9.59 Å². The van der Waals surface area contributed by atoms with Gasteiger partial charge in [-0.05, 0) is 41.5 Å². The minimum absolute atomic E-state index is 0.254. The number of nitrogens with one attached hydrogen (secondary N) is 2. The van der Waals surface area contributed by atoms with E-state index in [2.05, 4.69) is 15.6 Å². The molecule has 1 aromatic heterocycles. The Balaban J connectivity index is 2.50. The fraction of sp³-hybridized carbons (Fsp3) is 0.643. The van der Waals surface area contributed by atoms with Crippen LogP contribution in [-0.4, -0.2) is 34.7 Å². The van der Waals surface area contributed by atoms with Gasteiger partial charge in [0.1, 0.15) is 11.3 Å².